The van der Waals surface area contributed by atoms with Gasteiger partial charge in [-0.1, -0.05) is 72.8 Å². The molecule has 0 N–H and O–H groups in total. The number of benzene rings is 7. The van der Waals surface area contributed by atoms with Crippen LogP contribution in [0.3, 0.4) is 0 Å². The van der Waals surface area contributed by atoms with E-state index in [4.69, 9.17) is 0 Å². The Kier molecular flexibility index (Phi) is 9.23. The minimum atomic E-state index is -0.0888. The highest BCUT2D eigenvalue weighted by Crippen LogP contribution is 2.44. The molecule has 10 aromatic rings. The van der Waals surface area contributed by atoms with Gasteiger partial charge in [0.1, 0.15) is 18.2 Å². The first kappa shape index (κ1) is 37.9. The Bertz CT molecular complexity index is 3400. The highest BCUT2D eigenvalue weighted by Gasteiger charge is 2.27. The number of aromatic nitrogens is 3. The summed E-state index contributed by atoms with van der Waals surface area (Å²) in [5, 5.41) is 35.0. The van der Waals surface area contributed by atoms with Gasteiger partial charge in [0.25, 0.3) is 0 Å². The van der Waals surface area contributed by atoms with E-state index in [2.05, 4.69) is 18.2 Å². The number of nitrogens with zero attached hydrogens (tertiary/aromatic N) is 6. The van der Waals surface area contributed by atoms with Crippen LogP contribution in [0.1, 0.15) is 16.7 Å². The number of rotatable bonds is 6. The molecule has 0 unspecified atom stereocenters. The van der Waals surface area contributed by atoms with E-state index in [9.17, 15) is 30.2 Å². The maximum Gasteiger partial charge on any atom is 0.189 e. The van der Waals surface area contributed by atoms with Crippen molar-refractivity contribution in [1.29, 1.82) is 15.8 Å². The third-order valence-electron chi connectivity index (χ3n) is 11.5. The quantitative estimate of drug-likeness (QED) is 0.164. The van der Waals surface area contributed by atoms with Gasteiger partial charge in [-0.05, 0) is 89.5 Å². The van der Waals surface area contributed by atoms with Crippen LogP contribution in [0.5, 0.6) is 0 Å². The second-order valence-electron chi connectivity index (χ2n) is 14.9. The molecular weight excluding hydrogens is 781 g/mol. The minimum Gasteiger partial charge on any atom is -0.316 e. The zero-order chi connectivity index (χ0) is 43.2. The summed E-state index contributed by atoms with van der Waals surface area (Å²) in [5.74, 6) is 0. The molecule has 0 saturated carbocycles. The molecule has 294 valence electrons. The number of hydrogen-bond acceptors (Lipinski definition) is 6. The summed E-state index contributed by atoms with van der Waals surface area (Å²) >= 11 is 0. The molecule has 7 aromatic carbocycles. The van der Waals surface area contributed by atoms with Crippen molar-refractivity contribution in [2.24, 2.45) is 0 Å². The van der Waals surface area contributed by atoms with Crippen LogP contribution in [0.15, 0.2) is 197 Å². The van der Waals surface area contributed by atoms with Crippen molar-refractivity contribution >= 4 is 32.7 Å². The van der Waals surface area contributed by atoms with Crippen molar-refractivity contribution in [3.63, 3.8) is 0 Å². The lowest BCUT2D eigenvalue weighted by molar-refractivity contribution is 1.10. The van der Waals surface area contributed by atoms with Crippen LogP contribution in [0.2, 0.25) is 0 Å². The third kappa shape index (κ3) is 6.28. The van der Waals surface area contributed by atoms with E-state index >= 15 is 0 Å². The summed E-state index contributed by atoms with van der Waals surface area (Å²) in [6.45, 7) is 0. The van der Waals surface area contributed by atoms with E-state index in [-0.39, 0.29) is 33.0 Å². The first-order chi connectivity index (χ1) is 30.9. The molecule has 10 rings (SSSR count). The molecule has 3 heterocycles. The van der Waals surface area contributed by atoms with Gasteiger partial charge in [0, 0.05) is 86.7 Å². The highest BCUT2D eigenvalue weighted by atomic mass is 16.1. The average Bonchev–Trinajstić information content (AvgIpc) is 3.34. The molecule has 0 saturated heterocycles. The number of fused-ring (bicyclic) bond motifs is 3. The highest BCUT2D eigenvalue weighted by molar-refractivity contribution is 5.98. The van der Waals surface area contributed by atoms with Crippen LogP contribution in [0, 0.1) is 34.0 Å². The maximum atomic E-state index is 12.7. The molecule has 0 spiro atoms. The van der Waals surface area contributed by atoms with Gasteiger partial charge in [0.05, 0.1) is 33.2 Å². The molecule has 3 aromatic heterocycles. The van der Waals surface area contributed by atoms with E-state index in [0.29, 0.717) is 49.5 Å². The summed E-state index contributed by atoms with van der Waals surface area (Å²) < 4.78 is 5.73. The Hall–Kier alpha value is -9.36. The van der Waals surface area contributed by atoms with Crippen LogP contribution in [-0.2, 0) is 0 Å². The third-order valence-corrected chi connectivity index (χ3v) is 11.5. The molecule has 9 nitrogen and oxygen atoms in total. The molecule has 0 aliphatic carbocycles. The first-order valence-electron chi connectivity index (χ1n) is 20.0. The lowest BCUT2D eigenvalue weighted by atomic mass is 9.80. The normalized spacial score (nSPS) is 11.0. The summed E-state index contributed by atoms with van der Waals surface area (Å²) in [6, 6.07) is 56.1. The Morgan fingerprint density at radius 3 is 0.825 bits per heavy atom. The molecule has 9 heteroatoms. The Morgan fingerprint density at radius 2 is 0.571 bits per heavy atom. The SMILES string of the molecule is N#Cc1c(-c2ccc(-n3ccc(=O)c4ccccc43)cc2)c(C#N)c(-c2ccc(-n3ccc(=O)c4ccccc43)cc2)c(C#N)c1-c1ccc(-n2ccc(=O)c3ccccc32)cc1. The van der Waals surface area contributed by atoms with Crippen molar-refractivity contribution in [2.75, 3.05) is 0 Å². The van der Waals surface area contributed by atoms with Crippen molar-refractivity contribution in [2.45, 2.75) is 0 Å². The fraction of sp³-hybridized carbons (Fsp3) is 0. The van der Waals surface area contributed by atoms with Crippen LogP contribution >= 0.6 is 0 Å². The summed E-state index contributed by atoms with van der Waals surface area (Å²) in [6.07, 6.45) is 5.16. The lowest BCUT2D eigenvalue weighted by Crippen LogP contribution is -2.07. The van der Waals surface area contributed by atoms with Crippen molar-refractivity contribution in [3.05, 3.63) is 230 Å². The number of pyridine rings is 3. The molecule has 0 aliphatic rings. The van der Waals surface area contributed by atoms with Gasteiger partial charge in [-0.15, -0.1) is 0 Å². The predicted octanol–water partition coefficient (Wildman–Crippen LogP) is 10.2. The van der Waals surface area contributed by atoms with E-state index < -0.39 is 0 Å². The zero-order valence-corrected chi connectivity index (χ0v) is 33.2. The first-order valence-corrected chi connectivity index (χ1v) is 20.0. The maximum absolute atomic E-state index is 12.7. The Balaban J connectivity index is 1.19. The van der Waals surface area contributed by atoms with Gasteiger partial charge in [-0.2, -0.15) is 15.8 Å². The predicted molar refractivity (Wildman–Crippen MR) is 246 cm³/mol. The van der Waals surface area contributed by atoms with Gasteiger partial charge < -0.3 is 13.7 Å². The molecule has 0 radical (unpaired) electrons. The van der Waals surface area contributed by atoms with Gasteiger partial charge >= 0.3 is 0 Å². The van der Waals surface area contributed by atoms with E-state index in [1.807, 2.05) is 141 Å². The fourth-order valence-corrected chi connectivity index (χ4v) is 8.61. The zero-order valence-electron chi connectivity index (χ0n) is 33.2. The monoisotopic (exact) mass is 810 g/mol. The van der Waals surface area contributed by atoms with Crippen molar-refractivity contribution in [1.82, 2.24) is 13.7 Å². The number of hydrogen-bond donors (Lipinski definition) is 0. The second kappa shape index (κ2) is 15.3. The van der Waals surface area contributed by atoms with Gasteiger partial charge in [-0.3, -0.25) is 14.4 Å². The fourth-order valence-electron chi connectivity index (χ4n) is 8.61. The van der Waals surface area contributed by atoms with Gasteiger partial charge in [-0.25, -0.2) is 0 Å². The Morgan fingerprint density at radius 1 is 0.317 bits per heavy atom. The summed E-state index contributed by atoms with van der Waals surface area (Å²) in [4.78, 5) is 38.0. The minimum absolute atomic E-state index is 0.0888. The summed E-state index contributed by atoms with van der Waals surface area (Å²) in [7, 11) is 0. The molecule has 0 amide bonds. The topological polar surface area (TPSA) is 137 Å². The molecular formula is C54H30N6O3. The van der Waals surface area contributed by atoms with Crippen LogP contribution in [0.4, 0.5) is 0 Å². The lowest BCUT2D eigenvalue weighted by Gasteiger charge is -2.20. The Labute approximate surface area is 359 Å². The van der Waals surface area contributed by atoms with Gasteiger partial charge in [0.2, 0.25) is 0 Å². The number of nitriles is 3. The van der Waals surface area contributed by atoms with Crippen molar-refractivity contribution < 1.29 is 0 Å². The van der Waals surface area contributed by atoms with Crippen LogP contribution < -0.4 is 16.3 Å². The van der Waals surface area contributed by atoms with E-state index in [0.717, 1.165) is 33.6 Å². The van der Waals surface area contributed by atoms with E-state index in [1.165, 1.54) is 18.2 Å². The molecule has 0 fully saturated rings. The summed E-state index contributed by atoms with van der Waals surface area (Å²) in [5.41, 5.74) is 7.53. The molecule has 0 aliphatic heterocycles. The molecule has 0 atom stereocenters. The smallest absolute Gasteiger partial charge is 0.189 e. The average molecular weight is 811 g/mol. The second-order valence-corrected chi connectivity index (χ2v) is 14.9. The van der Waals surface area contributed by atoms with E-state index in [1.54, 1.807) is 36.8 Å². The van der Waals surface area contributed by atoms with Crippen LogP contribution in [-0.4, -0.2) is 13.7 Å². The largest absolute Gasteiger partial charge is 0.316 e. The van der Waals surface area contributed by atoms with Crippen molar-refractivity contribution in [3.8, 4) is 68.7 Å². The van der Waals surface area contributed by atoms with Crippen LogP contribution in [0.25, 0.3) is 83.2 Å². The molecule has 0 bridgehead atoms. The molecule has 63 heavy (non-hydrogen) atoms. The van der Waals surface area contributed by atoms with Gasteiger partial charge in [0.15, 0.2) is 16.3 Å². The standard InChI is InChI=1S/C54H30N6O3/c55-31-43-52(34-13-19-37(20-14-34)58-28-25-49(61)40-7-1-4-10-46(40)58)44(32-56)54(36-17-23-39(24-18-36)60-30-27-51(63)42-9-3-6-12-48(42)60)45(33-57)53(43)35-15-21-38(22-16-35)59-29-26-50(62)41-8-2-5-11-47(41)59/h1-30H. The number of para-hydroxylation sites is 3.